The minimum absolute atomic E-state index is 0.181. The van der Waals surface area contributed by atoms with E-state index in [0.29, 0.717) is 23.5 Å². The van der Waals surface area contributed by atoms with E-state index >= 15 is 0 Å². The van der Waals surface area contributed by atoms with Crippen LogP contribution in [0.25, 0.3) is 6.08 Å². The molecule has 0 radical (unpaired) electrons. The Balaban J connectivity index is 1.84. The highest BCUT2D eigenvalue weighted by Crippen LogP contribution is 2.31. The molecule has 2 N–H and O–H groups in total. The summed E-state index contributed by atoms with van der Waals surface area (Å²) < 4.78 is 10.7. The summed E-state index contributed by atoms with van der Waals surface area (Å²) in [4.78, 5) is 26.8. The summed E-state index contributed by atoms with van der Waals surface area (Å²) in [5.74, 6) is 0.488. The molecule has 166 valence electrons. The van der Waals surface area contributed by atoms with Crippen LogP contribution in [0.15, 0.2) is 71.7 Å². The lowest BCUT2D eigenvalue weighted by atomic mass is 10.0. The van der Waals surface area contributed by atoms with Gasteiger partial charge in [0.15, 0.2) is 11.5 Å². The zero-order valence-electron chi connectivity index (χ0n) is 18.3. The quantitative estimate of drug-likeness (QED) is 0.459. The van der Waals surface area contributed by atoms with E-state index in [1.54, 1.807) is 44.6 Å². The fraction of sp³-hybridized carbons (Fsp3) is 0.200. The Hall–Kier alpha value is -3.58. The van der Waals surface area contributed by atoms with Gasteiger partial charge in [-0.3, -0.25) is 9.59 Å². The predicted octanol–water partition coefficient (Wildman–Crippen LogP) is 4.80. The molecule has 2 amide bonds. The molecule has 32 heavy (non-hydrogen) atoms. The van der Waals surface area contributed by atoms with Crippen molar-refractivity contribution in [2.45, 2.75) is 19.4 Å². The SMILES string of the molecule is CCC(NC(=O)/C(=C/c1cccs1)NC(=O)c1ccccc1)c1ccc(OC)c(OC)c1. The van der Waals surface area contributed by atoms with Crippen molar-refractivity contribution in [3.05, 3.63) is 87.7 Å². The molecule has 6 nitrogen and oxygen atoms in total. The second-order valence-electron chi connectivity index (χ2n) is 6.94. The number of amides is 2. The smallest absolute Gasteiger partial charge is 0.268 e. The number of hydrogen-bond donors (Lipinski definition) is 2. The van der Waals surface area contributed by atoms with Crippen molar-refractivity contribution in [1.82, 2.24) is 10.6 Å². The third kappa shape index (κ3) is 5.76. The molecule has 0 bridgehead atoms. The topological polar surface area (TPSA) is 76.7 Å². The van der Waals surface area contributed by atoms with Gasteiger partial charge >= 0.3 is 0 Å². The minimum atomic E-state index is -0.371. The van der Waals surface area contributed by atoms with Crippen LogP contribution in [-0.2, 0) is 4.79 Å². The Morgan fingerprint density at radius 2 is 1.75 bits per heavy atom. The van der Waals surface area contributed by atoms with Crippen LogP contribution in [0.5, 0.6) is 11.5 Å². The van der Waals surface area contributed by atoms with Gasteiger partial charge in [0.2, 0.25) is 0 Å². The van der Waals surface area contributed by atoms with Gasteiger partial charge in [0.05, 0.1) is 20.3 Å². The average Bonchev–Trinajstić information content (AvgIpc) is 3.35. The van der Waals surface area contributed by atoms with Gasteiger partial charge in [-0.2, -0.15) is 0 Å². The van der Waals surface area contributed by atoms with Gasteiger partial charge < -0.3 is 20.1 Å². The predicted molar refractivity (Wildman–Crippen MR) is 127 cm³/mol. The molecule has 7 heteroatoms. The molecule has 1 heterocycles. The molecule has 0 saturated heterocycles. The lowest BCUT2D eigenvalue weighted by Gasteiger charge is -2.20. The fourth-order valence-corrected chi connectivity index (χ4v) is 3.84. The van der Waals surface area contributed by atoms with Crippen LogP contribution in [0.4, 0.5) is 0 Å². The van der Waals surface area contributed by atoms with Gasteiger partial charge in [-0.05, 0) is 53.8 Å². The van der Waals surface area contributed by atoms with Crippen molar-refractivity contribution < 1.29 is 19.1 Å². The summed E-state index contributed by atoms with van der Waals surface area (Å²) in [6.07, 6.45) is 2.34. The Labute approximate surface area is 191 Å². The molecule has 1 atom stereocenters. The number of nitrogens with one attached hydrogen (secondary N) is 2. The number of rotatable bonds is 9. The molecule has 3 aromatic rings. The van der Waals surface area contributed by atoms with E-state index in [1.165, 1.54) is 11.3 Å². The first-order valence-corrected chi connectivity index (χ1v) is 11.1. The van der Waals surface area contributed by atoms with Crippen molar-refractivity contribution in [2.24, 2.45) is 0 Å². The average molecular weight is 451 g/mol. The van der Waals surface area contributed by atoms with Gasteiger partial charge in [0.25, 0.3) is 11.8 Å². The Kier molecular flexibility index (Phi) is 8.05. The molecule has 0 aliphatic heterocycles. The van der Waals surface area contributed by atoms with Crippen molar-refractivity contribution in [2.75, 3.05) is 14.2 Å². The highest BCUT2D eigenvalue weighted by molar-refractivity contribution is 7.10. The number of carbonyl (C=O) groups is 2. The highest BCUT2D eigenvalue weighted by atomic mass is 32.1. The van der Waals surface area contributed by atoms with Crippen molar-refractivity contribution in [3.63, 3.8) is 0 Å². The number of ether oxygens (including phenoxy) is 2. The number of carbonyl (C=O) groups excluding carboxylic acids is 2. The first-order chi connectivity index (χ1) is 15.5. The van der Waals surface area contributed by atoms with Crippen LogP contribution < -0.4 is 20.1 Å². The number of thiophene rings is 1. The molecule has 0 aliphatic rings. The van der Waals surface area contributed by atoms with Crippen molar-refractivity contribution in [1.29, 1.82) is 0 Å². The van der Waals surface area contributed by atoms with E-state index in [4.69, 9.17) is 9.47 Å². The minimum Gasteiger partial charge on any atom is -0.493 e. The maximum atomic E-state index is 13.2. The highest BCUT2D eigenvalue weighted by Gasteiger charge is 2.20. The monoisotopic (exact) mass is 450 g/mol. The molecule has 2 aromatic carbocycles. The largest absolute Gasteiger partial charge is 0.493 e. The lowest BCUT2D eigenvalue weighted by molar-refractivity contribution is -0.118. The summed E-state index contributed by atoms with van der Waals surface area (Å²) in [6, 6.07) is 17.8. The van der Waals surface area contributed by atoms with Crippen molar-refractivity contribution >= 4 is 29.2 Å². The van der Waals surface area contributed by atoms with Gasteiger partial charge in [-0.25, -0.2) is 0 Å². The first kappa shape index (κ1) is 23.1. The number of methoxy groups -OCH3 is 2. The summed E-state index contributed by atoms with van der Waals surface area (Å²) >= 11 is 1.48. The van der Waals surface area contributed by atoms with Gasteiger partial charge in [0.1, 0.15) is 5.70 Å². The van der Waals surface area contributed by atoms with E-state index < -0.39 is 0 Å². The molecular weight excluding hydrogens is 424 g/mol. The number of benzene rings is 2. The Bertz CT molecular complexity index is 1080. The fourth-order valence-electron chi connectivity index (χ4n) is 3.18. The van der Waals surface area contributed by atoms with E-state index in [-0.39, 0.29) is 23.6 Å². The Morgan fingerprint density at radius 3 is 2.38 bits per heavy atom. The van der Waals surface area contributed by atoms with Gasteiger partial charge in [-0.1, -0.05) is 37.3 Å². The van der Waals surface area contributed by atoms with E-state index in [1.807, 2.05) is 48.7 Å². The molecule has 0 spiro atoms. The second-order valence-corrected chi connectivity index (χ2v) is 7.92. The van der Waals surface area contributed by atoms with E-state index in [9.17, 15) is 9.59 Å². The first-order valence-electron chi connectivity index (χ1n) is 10.2. The zero-order valence-corrected chi connectivity index (χ0v) is 19.1. The maximum Gasteiger partial charge on any atom is 0.268 e. The molecule has 0 saturated carbocycles. The second kappa shape index (κ2) is 11.2. The summed E-state index contributed by atoms with van der Waals surface area (Å²) in [5.41, 5.74) is 1.54. The van der Waals surface area contributed by atoms with Crippen LogP contribution in [0, 0.1) is 0 Å². The van der Waals surface area contributed by atoms with Crippen LogP contribution in [-0.4, -0.2) is 26.0 Å². The zero-order chi connectivity index (χ0) is 22.9. The third-order valence-electron chi connectivity index (χ3n) is 4.88. The summed E-state index contributed by atoms with van der Waals surface area (Å²) in [5, 5.41) is 7.71. The lowest BCUT2D eigenvalue weighted by Crippen LogP contribution is -2.36. The van der Waals surface area contributed by atoms with E-state index in [2.05, 4.69) is 10.6 Å². The van der Waals surface area contributed by atoms with Gasteiger partial charge in [0, 0.05) is 10.4 Å². The molecule has 0 aliphatic carbocycles. The molecule has 1 aromatic heterocycles. The standard InChI is InChI=1S/C25H26N2O4S/c1-4-20(18-12-13-22(30-2)23(15-18)31-3)26-25(29)21(16-19-11-8-14-32-19)27-24(28)17-9-6-5-7-10-17/h5-16,20H,4H2,1-3H3,(H,26,29)(H,27,28)/b21-16-. The van der Waals surface area contributed by atoms with Crippen LogP contribution in [0.1, 0.15) is 40.2 Å². The molecule has 1 unspecified atom stereocenters. The van der Waals surface area contributed by atoms with Crippen molar-refractivity contribution in [3.8, 4) is 11.5 Å². The van der Waals surface area contributed by atoms with Crippen LogP contribution in [0.3, 0.4) is 0 Å². The summed E-state index contributed by atoms with van der Waals surface area (Å²) in [6.45, 7) is 1.98. The molecular formula is C25H26N2O4S. The number of hydrogen-bond acceptors (Lipinski definition) is 5. The maximum absolute atomic E-state index is 13.2. The third-order valence-corrected chi connectivity index (χ3v) is 5.70. The normalized spacial score (nSPS) is 12.0. The molecule has 3 rings (SSSR count). The van der Waals surface area contributed by atoms with Gasteiger partial charge in [-0.15, -0.1) is 11.3 Å². The summed E-state index contributed by atoms with van der Waals surface area (Å²) in [7, 11) is 3.15. The van der Waals surface area contributed by atoms with Crippen LogP contribution in [0.2, 0.25) is 0 Å². The molecule has 0 fully saturated rings. The van der Waals surface area contributed by atoms with E-state index in [0.717, 1.165) is 10.4 Å². The Morgan fingerprint density at radius 1 is 1.00 bits per heavy atom. The van der Waals surface area contributed by atoms with Crippen LogP contribution >= 0.6 is 11.3 Å².